The molecule has 1 aromatic rings. The van der Waals surface area contributed by atoms with Crippen molar-refractivity contribution in [2.75, 3.05) is 0 Å². The predicted molar refractivity (Wildman–Crippen MR) is 97.4 cm³/mol. The van der Waals surface area contributed by atoms with Gasteiger partial charge in [-0.25, -0.2) is 4.79 Å². The zero-order valence-corrected chi connectivity index (χ0v) is 16.4. The van der Waals surface area contributed by atoms with Crippen molar-refractivity contribution in [2.24, 2.45) is 23.7 Å². The molecule has 0 aromatic heterocycles. The van der Waals surface area contributed by atoms with Crippen LogP contribution in [0, 0.1) is 23.7 Å². The van der Waals surface area contributed by atoms with Gasteiger partial charge >= 0.3 is 5.97 Å². The van der Waals surface area contributed by atoms with Crippen molar-refractivity contribution >= 4 is 49.6 Å². The quantitative estimate of drug-likeness (QED) is 0.541. The molecule has 3 fully saturated rings. The maximum Gasteiger partial charge on any atom is 0.327 e. The van der Waals surface area contributed by atoms with Gasteiger partial charge in [0, 0.05) is 16.1 Å². The highest BCUT2D eigenvalue weighted by Crippen LogP contribution is 2.60. The highest BCUT2D eigenvalue weighted by atomic mass is 79.9. The van der Waals surface area contributed by atoms with E-state index in [4.69, 9.17) is 0 Å². The van der Waals surface area contributed by atoms with Crippen LogP contribution in [0.4, 0.5) is 0 Å². The van der Waals surface area contributed by atoms with E-state index in [0.29, 0.717) is 0 Å². The van der Waals surface area contributed by atoms with Crippen LogP contribution >= 0.6 is 31.9 Å². The van der Waals surface area contributed by atoms with E-state index in [-0.39, 0.29) is 51.6 Å². The number of alkyl halides is 2. The topological polar surface area (TPSA) is 74.7 Å². The predicted octanol–water partition coefficient (Wildman–Crippen LogP) is 2.46. The summed E-state index contributed by atoms with van der Waals surface area (Å²) in [5, 5.41) is 9.68. The summed E-state index contributed by atoms with van der Waals surface area (Å²) in [5.74, 6) is -2.34. The molecule has 3 aliphatic rings. The number of amides is 2. The van der Waals surface area contributed by atoms with Gasteiger partial charge in [0.1, 0.15) is 6.04 Å². The molecule has 4 rings (SSSR count). The fourth-order valence-electron chi connectivity index (χ4n) is 4.81. The number of benzene rings is 1. The van der Waals surface area contributed by atoms with E-state index in [1.54, 1.807) is 0 Å². The molecule has 2 aliphatic carbocycles. The molecular weight excluding hydrogens is 454 g/mol. The lowest BCUT2D eigenvalue weighted by Gasteiger charge is -2.28. The second kappa shape index (κ2) is 6.20. The molecular formula is C18H17Br2NO4. The van der Waals surface area contributed by atoms with Crippen molar-refractivity contribution in [2.45, 2.75) is 28.5 Å². The molecule has 2 amide bonds. The monoisotopic (exact) mass is 469 g/mol. The van der Waals surface area contributed by atoms with Gasteiger partial charge in [-0.1, -0.05) is 62.2 Å². The summed E-state index contributed by atoms with van der Waals surface area (Å²) in [4.78, 5) is 39.1. The molecule has 0 unspecified atom stereocenters. The van der Waals surface area contributed by atoms with E-state index >= 15 is 0 Å². The smallest absolute Gasteiger partial charge is 0.327 e. The van der Waals surface area contributed by atoms with Crippen LogP contribution in [0.5, 0.6) is 0 Å². The summed E-state index contributed by atoms with van der Waals surface area (Å²) in [6.45, 7) is 0. The molecule has 0 radical (unpaired) electrons. The Morgan fingerprint density at radius 1 is 1.08 bits per heavy atom. The molecule has 2 saturated carbocycles. The number of fused-ring (bicyclic) bond motifs is 5. The Kier molecular flexibility index (Phi) is 4.27. The molecule has 7 heteroatoms. The average Bonchev–Trinajstić information content (AvgIpc) is 3.19. The fraction of sp³-hybridized carbons (Fsp3) is 0.500. The second-order valence-corrected chi connectivity index (χ2v) is 9.21. The number of nitrogens with zero attached hydrogens (tertiary/aromatic N) is 1. The van der Waals surface area contributed by atoms with Gasteiger partial charge in [-0.2, -0.15) is 0 Å². The standard InChI is InChI=1S/C18H17Br2NO4/c19-14-9-7-10(15(14)20)13-12(9)16(22)21(17(13)23)11(18(24)25)6-8-4-2-1-3-5-8/h1-5,9-15H,6-7H2,(H,24,25)/t9-,10+,11-,12-,13-,14+,15+/m0/s1. The van der Waals surface area contributed by atoms with Gasteiger partial charge in [-0.3, -0.25) is 14.5 Å². The second-order valence-electron chi connectivity index (χ2n) is 7.09. The van der Waals surface area contributed by atoms with E-state index in [9.17, 15) is 19.5 Å². The number of carbonyl (C=O) groups is 3. The Hall–Kier alpha value is -1.21. The maximum absolute atomic E-state index is 13.0. The number of hydrogen-bond donors (Lipinski definition) is 1. The van der Waals surface area contributed by atoms with Crippen LogP contribution in [0.1, 0.15) is 12.0 Å². The Morgan fingerprint density at radius 2 is 1.60 bits per heavy atom. The zero-order chi connectivity index (χ0) is 17.9. The van der Waals surface area contributed by atoms with Crippen molar-refractivity contribution in [3.8, 4) is 0 Å². The van der Waals surface area contributed by atoms with Gasteiger partial charge in [-0.15, -0.1) is 0 Å². The van der Waals surface area contributed by atoms with E-state index in [0.717, 1.165) is 16.9 Å². The zero-order valence-electron chi connectivity index (χ0n) is 13.2. The highest BCUT2D eigenvalue weighted by Gasteiger charge is 2.67. The molecule has 132 valence electrons. The first kappa shape index (κ1) is 17.2. The molecule has 1 aromatic carbocycles. The fourth-order valence-corrected chi connectivity index (χ4v) is 6.68. The SMILES string of the molecule is O=C(O)[C@H](Cc1ccccc1)N1C(=O)[C@H]2[C@@H]3C[C@@H]([C@@H](Br)[C@@H]3Br)[C@@H]2C1=O. The summed E-state index contributed by atoms with van der Waals surface area (Å²) in [7, 11) is 0. The molecule has 1 saturated heterocycles. The Morgan fingerprint density at radius 3 is 2.08 bits per heavy atom. The van der Waals surface area contributed by atoms with Crippen LogP contribution in [0.15, 0.2) is 30.3 Å². The van der Waals surface area contributed by atoms with Crippen molar-refractivity contribution in [1.29, 1.82) is 0 Å². The summed E-state index contributed by atoms with van der Waals surface area (Å²) in [6.07, 6.45) is 0.973. The third-order valence-corrected chi connectivity index (χ3v) is 9.10. The Labute approximate surface area is 162 Å². The number of imide groups is 1. The van der Waals surface area contributed by atoms with Crippen LogP contribution in [0.2, 0.25) is 0 Å². The number of carboxylic acid groups (broad SMARTS) is 1. The lowest BCUT2D eigenvalue weighted by molar-refractivity contribution is -0.155. The molecule has 7 atom stereocenters. The van der Waals surface area contributed by atoms with E-state index in [1.807, 2.05) is 30.3 Å². The third kappa shape index (κ3) is 2.50. The van der Waals surface area contributed by atoms with Crippen LogP contribution in [-0.4, -0.2) is 43.5 Å². The van der Waals surface area contributed by atoms with E-state index in [2.05, 4.69) is 31.9 Å². The van der Waals surface area contributed by atoms with Gasteiger partial charge in [0.15, 0.2) is 0 Å². The van der Waals surface area contributed by atoms with E-state index in [1.165, 1.54) is 0 Å². The minimum atomic E-state index is -1.14. The largest absolute Gasteiger partial charge is 0.480 e. The molecule has 2 bridgehead atoms. The number of hydrogen-bond acceptors (Lipinski definition) is 3. The van der Waals surface area contributed by atoms with Crippen molar-refractivity contribution in [1.82, 2.24) is 4.90 Å². The summed E-state index contributed by atoms with van der Waals surface area (Å²) < 4.78 is 0. The number of aliphatic carboxylic acids is 1. The minimum Gasteiger partial charge on any atom is -0.480 e. The molecule has 1 heterocycles. The summed E-state index contributed by atoms with van der Waals surface area (Å²) in [6, 6.07) is 7.97. The first-order chi connectivity index (χ1) is 11.9. The molecule has 0 spiro atoms. The maximum atomic E-state index is 13.0. The number of likely N-dealkylation sites (tertiary alicyclic amines) is 1. The van der Waals surface area contributed by atoms with Crippen LogP contribution in [0.25, 0.3) is 0 Å². The first-order valence-electron chi connectivity index (χ1n) is 8.33. The van der Waals surface area contributed by atoms with Crippen LogP contribution in [-0.2, 0) is 20.8 Å². The van der Waals surface area contributed by atoms with E-state index < -0.39 is 12.0 Å². The first-order valence-corrected chi connectivity index (χ1v) is 10.2. The van der Waals surface area contributed by atoms with Crippen LogP contribution < -0.4 is 0 Å². The molecule has 1 aliphatic heterocycles. The normalized spacial score (nSPS) is 37.4. The highest BCUT2D eigenvalue weighted by molar-refractivity contribution is 9.12. The van der Waals surface area contributed by atoms with Gasteiger partial charge in [-0.05, 0) is 23.8 Å². The summed E-state index contributed by atoms with van der Waals surface area (Å²) >= 11 is 7.28. The lowest BCUT2D eigenvalue weighted by Crippen LogP contribution is -2.47. The Bertz CT molecular complexity index is 708. The molecule has 25 heavy (non-hydrogen) atoms. The van der Waals surface area contributed by atoms with Gasteiger partial charge < -0.3 is 5.11 Å². The number of carbonyl (C=O) groups excluding carboxylic acids is 2. The number of halogens is 2. The molecule has 1 N–H and O–H groups in total. The average molecular weight is 471 g/mol. The number of rotatable bonds is 4. The van der Waals surface area contributed by atoms with Gasteiger partial charge in [0.2, 0.25) is 11.8 Å². The van der Waals surface area contributed by atoms with Crippen molar-refractivity contribution < 1.29 is 19.5 Å². The third-order valence-electron chi connectivity index (χ3n) is 5.89. The minimum absolute atomic E-state index is 0.0898. The van der Waals surface area contributed by atoms with Crippen LogP contribution in [0.3, 0.4) is 0 Å². The van der Waals surface area contributed by atoms with Crippen molar-refractivity contribution in [3.05, 3.63) is 35.9 Å². The summed E-state index contributed by atoms with van der Waals surface area (Å²) in [5.41, 5.74) is 0.798. The molecule has 5 nitrogen and oxygen atoms in total. The lowest BCUT2D eigenvalue weighted by atomic mass is 9.81. The Balaban J connectivity index is 1.65. The van der Waals surface area contributed by atoms with Gasteiger partial charge in [0.25, 0.3) is 0 Å². The van der Waals surface area contributed by atoms with Crippen molar-refractivity contribution in [3.63, 3.8) is 0 Å². The number of carboxylic acids is 1. The van der Waals surface area contributed by atoms with Gasteiger partial charge in [0.05, 0.1) is 11.8 Å².